The average Bonchev–Trinajstić information content (AvgIpc) is 2.47. The van der Waals surface area contributed by atoms with E-state index in [9.17, 15) is 5.11 Å². The van der Waals surface area contributed by atoms with E-state index in [1.165, 1.54) is 0 Å². The molecule has 0 aliphatic carbocycles. The molecule has 0 amide bonds. The molecule has 0 radical (unpaired) electrons. The van der Waals surface area contributed by atoms with Crippen molar-refractivity contribution in [2.45, 2.75) is 50.9 Å². The molecule has 1 fully saturated rings. The number of aliphatic hydroxyl groups is 1. The van der Waals surface area contributed by atoms with Crippen LogP contribution < -0.4 is 9.47 Å². The molecule has 1 aromatic carbocycles. The molecule has 0 saturated carbocycles. The van der Waals surface area contributed by atoms with Gasteiger partial charge in [0.05, 0.1) is 13.2 Å². The number of hydrogen-bond donors (Lipinski definition) is 1. The minimum absolute atomic E-state index is 0.202. The summed E-state index contributed by atoms with van der Waals surface area (Å²) in [6, 6.07) is 6.28. The smallest absolute Gasteiger partial charge is 0.126 e. The van der Waals surface area contributed by atoms with Gasteiger partial charge in [-0.05, 0) is 44.9 Å². The maximum Gasteiger partial charge on any atom is 0.126 e. The molecule has 1 atom stereocenters. The third kappa shape index (κ3) is 2.74. The highest BCUT2D eigenvalue weighted by atomic mass is 16.5. The molecular formula is C17H25NO3. The number of rotatable bonds is 2. The zero-order valence-corrected chi connectivity index (χ0v) is 13.1. The standard InChI is InChI=1S/C17H25NO3/c1-12(2)18-8-6-17(7-9-18)11-15(19)14-10-13(20-3)4-5-16(14)21-17/h4-5,10,12,15,19H,6-9,11H2,1-3H3/t15-/m0/s1. The van der Waals surface area contributed by atoms with Crippen molar-refractivity contribution in [3.63, 3.8) is 0 Å². The quantitative estimate of drug-likeness (QED) is 0.910. The van der Waals surface area contributed by atoms with Gasteiger partial charge in [-0.3, -0.25) is 0 Å². The summed E-state index contributed by atoms with van der Waals surface area (Å²) in [7, 11) is 1.64. The van der Waals surface area contributed by atoms with Crippen molar-refractivity contribution < 1.29 is 14.6 Å². The molecule has 1 saturated heterocycles. The Morgan fingerprint density at radius 3 is 2.67 bits per heavy atom. The Bertz CT molecular complexity index is 507. The summed E-state index contributed by atoms with van der Waals surface area (Å²) in [6.45, 7) is 6.54. The van der Waals surface area contributed by atoms with Crippen LogP contribution in [0.15, 0.2) is 18.2 Å². The van der Waals surface area contributed by atoms with Gasteiger partial charge in [0.2, 0.25) is 0 Å². The fourth-order valence-electron chi connectivity index (χ4n) is 3.50. The maximum atomic E-state index is 10.5. The number of aliphatic hydroxyl groups excluding tert-OH is 1. The zero-order chi connectivity index (χ0) is 15.0. The van der Waals surface area contributed by atoms with Crippen LogP contribution in [-0.4, -0.2) is 41.8 Å². The molecule has 2 aliphatic heterocycles. The van der Waals surface area contributed by atoms with E-state index in [-0.39, 0.29) is 5.60 Å². The highest BCUT2D eigenvalue weighted by Gasteiger charge is 2.43. The van der Waals surface area contributed by atoms with E-state index in [4.69, 9.17) is 9.47 Å². The lowest BCUT2D eigenvalue weighted by Crippen LogP contribution is -2.51. The first kappa shape index (κ1) is 14.7. The Kier molecular flexibility index (Phi) is 3.84. The van der Waals surface area contributed by atoms with Crippen molar-refractivity contribution in [2.24, 2.45) is 0 Å². The minimum atomic E-state index is -0.463. The molecule has 3 rings (SSSR count). The number of nitrogens with zero attached hydrogens (tertiary/aromatic N) is 1. The monoisotopic (exact) mass is 291 g/mol. The zero-order valence-electron chi connectivity index (χ0n) is 13.1. The van der Waals surface area contributed by atoms with Crippen LogP contribution in [0.2, 0.25) is 0 Å². The van der Waals surface area contributed by atoms with Crippen LogP contribution in [0.25, 0.3) is 0 Å². The second kappa shape index (κ2) is 5.50. The van der Waals surface area contributed by atoms with Gasteiger partial charge >= 0.3 is 0 Å². The number of ether oxygens (including phenoxy) is 2. The fourth-order valence-corrected chi connectivity index (χ4v) is 3.50. The van der Waals surface area contributed by atoms with E-state index < -0.39 is 6.10 Å². The van der Waals surface area contributed by atoms with Gasteiger partial charge in [-0.15, -0.1) is 0 Å². The Labute approximate surface area is 126 Å². The molecule has 1 N–H and O–H groups in total. The molecule has 21 heavy (non-hydrogen) atoms. The van der Waals surface area contributed by atoms with E-state index in [2.05, 4.69) is 18.7 Å². The van der Waals surface area contributed by atoms with Crippen LogP contribution in [0.5, 0.6) is 11.5 Å². The molecule has 0 aromatic heterocycles. The summed E-state index contributed by atoms with van der Waals surface area (Å²) >= 11 is 0. The predicted molar refractivity (Wildman–Crippen MR) is 81.9 cm³/mol. The second-order valence-electron chi connectivity index (χ2n) is 6.54. The van der Waals surface area contributed by atoms with E-state index in [0.717, 1.165) is 43.0 Å². The lowest BCUT2D eigenvalue weighted by atomic mass is 9.81. The van der Waals surface area contributed by atoms with Gasteiger partial charge in [-0.2, -0.15) is 0 Å². The molecule has 0 bridgehead atoms. The average molecular weight is 291 g/mol. The summed E-state index contributed by atoms with van der Waals surface area (Å²) in [5, 5.41) is 10.5. The van der Waals surface area contributed by atoms with Gasteiger partial charge in [-0.25, -0.2) is 0 Å². The largest absolute Gasteiger partial charge is 0.497 e. The van der Waals surface area contributed by atoms with E-state index in [1.807, 2.05) is 18.2 Å². The van der Waals surface area contributed by atoms with Crippen molar-refractivity contribution in [2.75, 3.05) is 20.2 Å². The number of benzene rings is 1. The van der Waals surface area contributed by atoms with E-state index in [0.29, 0.717) is 12.5 Å². The highest BCUT2D eigenvalue weighted by Crippen LogP contribution is 2.45. The molecule has 116 valence electrons. The molecular weight excluding hydrogens is 266 g/mol. The van der Waals surface area contributed by atoms with Gasteiger partial charge in [0.1, 0.15) is 17.1 Å². The lowest BCUT2D eigenvalue weighted by molar-refractivity contribution is -0.0580. The van der Waals surface area contributed by atoms with E-state index in [1.54, 1.807) is 7.11 Å². The Morgan fingerprint density at radius 2 is 2.05 bits per heavy atom. The third-order valence-corrected chi connectivity index (χ3v) is 4.91. The van der Waals surface area contributed by atoms with Crippen molar-refractivity contribution in [3.05, 3.63) is 23.8 Å². The van der Waals surface area contributed by atoms with E-state index >= 15 is 0 Å². The van der Waals surface area contributed by atoms with Crippen LogP contribution in [-0.2, 0) is 0 Å². The van der Waals surface area contributed by atoms with Crippen LogP contribution >= 0.6 is 0 Å². The highest BCUT2D eigenvalue weighted by molar-refractivity contribution is 5.43. The first-order chi connectivity index (χ1) is 10.0. The molecule has 4 nitrogen and oxygen atoms in total. The molecule has 4 heteroatoms. The third-order valence-electron chi connectivity index (χ3n) is 4.91. The summed E-state index contributed by atoms with van der Waals surface area (Å²) < 4.78 is 11.5. The van der Waals surface area contributed by atoms with Crippen LogP contribution in [0, 0.1) is 0 Å². The SMILES string of the molecule is COc1ccc2c(c1)[C@@H](O)CC1(CCN(C(C)C)CC1)O2. The first-order valence-electron chi connectivity index (χ1n) is 7.82. The number of hydrogen-bond acceptors (Lipinski definition) is 4. The number of piperidine rings is 1. The Hall–Kier alpha value is -1.26. The minimum Gasteiger partial charge on any atom is -0.497 e. The first-order valence-corrected chi connectivity index (χ1v) is 7.82. The van der Waals surface area contributed by atoms with Gasteiger partial charge in [0, 0.05) is 31.1 Å². The van der Waals surface area contributed by atoms with Gasteiger partial charge in [0.25, 0.3) is 0 Å². The van der Waals surface area contributed by atoms with Crippen LogP contribution in [0.3, 0.4) is 0 Å². The normalized spacial score (nSPS) is 24.7. The summed E-state index contributed by atoms with van der Waals surface area (Å²) in [6.07, 6.45) is 2.18. The number of methoxy groups -OCH3 is 1. The second-order valence-corrected chi connectivity index (χ2v) is 6.54. The van der Waals surface area contributed by atoms with Crippen molar-refractivity contribution in [1.82, 2.24) is 4.90 Å². The number of fused-ring (bicyclic) bond motifs is 1. The van der Waals surface area contributed by atoms with Crippen molar-refractivity contribution >= 4 is 0 Å². The van der Waals surface area contributed by atoms with Crippen LogP contribution in [0.4, 0.5) is 0 Å². The molecule has 1 aromatic rings. The maximum absolute atomic E-state index is 10.5. The molecule has 1 spiro atoms. The predicted octanol–water partition coefficient (Wildman–Crippen LogP) is 2.75. The fraction of sp³-hybridized carbons (Fsp3) is 0.647. The molecule has 0 unspecified atom stereocenters. The summed E-state index contributed by atoms with van der Waals surface area (Å²) in [5.74, 6) is 1.58. The van der Waals surface area contributed by atoms with Crippen molar-refractivity contribution in [3.8, 4) is 11.5 Å². The van der Waals surface area contributed by atoms with Crippen LogP contribution in [0.1, 0.15) is 44.8 Å². The van der Waals surface area contributed by atoms with Gasteiger partial charge in [0.15, 0.2) is 0 Å². The Morgan fingerprint density at radius 1 is 1.33 bits per heavy atom. The Balaban J connectivity index is 1.79. The lowest BCUT2D eigenvalue weighted by Gasteiger charge is -2.46. The molecule has 2 aliphatic rings. The topological polar surface area (TPSA) is 41.9 Å². The van der Waals surface area contributed by atoms with Gasteiger partial charge < -0.3 is 19.5 Å². The summed E-state index contributed by atoms with van der Waals surface area (Å²) in [4.78, 5) is 2.48. The number of likely N-dealkylation sites (tertiary alicyclic amines) is 1. The van der Waals surface area contributed by atoms with Gasteiger partial charge in [-0.1, -0.05) is 0 Å². The summed E-state index contributed by atoms with van der Waals surface area (Å²) in [5.41, 5.74) is 0.651. The molecule has 2 heterocycles. The van der Waals surface area contributed by atoms with Crippen molar-refractivity contribution in [1.29, 1.82) is 0 Å².